The van der Waals surface area contributed by atoms with E-state index in [1.54, 1.807) is 0 Å². The largest absolute Gasteiger partial charge is 0.352 e. The van der Waals surface area contributed by atoms with Crippen LogP contribution >= 0.6 is 0 Å². The number of nitrogens with zero attached hydrogens (tertiary/aromatic N) is 3. The van der Waals surface area contributed by atoms with Crippen molar-refractivity contribution in [2.45, 2.75) is 18.9 Å². The van der Waals surface area contributed by atoms with Gasteiger partial charge in [-0.3, -0.25) is 24.3 Å². The standard InChI is InChI=1S/C10H13N5O4/c1-14-9(18)7(13-15(2)10(14)19)11-5-3-4-6(16)12-8(5)17/h5H,3-4H2,1-2H3,(H,11,13)(H,12,16,17). The zero-order valence-corrected chi connectivity index (χ0v) is 10.5. The minimum atomic E-state index is -0.713. The number of carbonyl (C=O) groups excluding carboxylic acids is 2. The molecule has 1 aliphatic rings. The molecule has 0 radical (unpaired) electrons. The smallest absolute Gasteiger partial charge is 0.346 e. The zero-order chi connectivity index (χ0) is 14.2. The molecule has 1 aromatic heterocycles. The minimum Gasteiger partial charge on any atom is -0.352 e. The maximum atomic E-state index is 11.8. The monoisotopic (exact) mass is 267 g/mol. The van der Waals surface area contributed by atoms with Gasteiger partial charge in [-0.15, -0.1) is 5.10 Å². The number of amides is 2. The van der Waals surface area contributed by atoms with Gasteiger partial charge in [0.1, 0.15) is 6.04 Å². The van der Waals surface area contributed by atoms with Crippen LogP contribution in [0.2, 0.25) is 0 Å². The van der Waals surface area contributed by atoms with E-state index < -0.39 is 23.2 Å². The van der Waals surface area contributed by atoms with Gasteiger partial charge >= 0.3 is 5.69 Å². The molecule has 0 aromatic carbocycles. The van der Waals surface area contributed by atoms with E-state index in [0.717, 1.165) is 9.25 Å². The lowest BCUT2D eigenvalue weighted by atomic mass is 10.1. The summed E-state index contributed by atoms with van der Waals surface area (Å²) in [5.41, 5.74) is -1.17. The van der Waals surface area contributed by atoms with Crippen LogP contribution in [0.5, 0.6) is 0 Å². The van der Waals surface area contributed by atoms with Gasteiger partial charge in [0.2, 0.25) is 17.6 Å². The van der Waals surface area contributed by atoms with E-state index in [4.69, 9.17) is 0 Å². The molecule has 9 heteroatoms. The molecule has 1 aromatic rings. The van der Waals surface area contributed by atoms with Gasteiger partial charge in [0.05, 0.1) is 0 Å². The van der Waals surface area contributed by atoms with Gasteiger partial charge in [-0.2, -0.15) is 0 Å². The molecule has 102 valence electrons. The Morgan fingerprint density at radius 2 is 1.95 bits per heavy atom. The van der Waals surface area contributed by atoms with E-state index in [1.807, 2.05) is 0 Å². The number of aromatic nitrogens is 3. The highest BCUT2D eigenvalue weighted by Crippen LogP contribution is 2.08. The SMILES string of the molecule is Cn1nc(NC2CCC(=O)NC2=O)c(=O)n(C)c1=O. The molecule has 2 heterocycles. The maximum absolute atomic E-state index is 11.8. The fraction of sp³-hybridized carbons (Fsp3) is 0.500. The Balaban J connectivity index is 2.30. The van der Waals surface area contributed by atoms with Gasteiger partial charge < -0.3 is 5.32 Å². The summed E-state index contributed by atoms with van der Waals surface area (Å²) in [4.78, 5) is 45.8. The summed E-state index contributed by atoms with van der Waals surface area (Å²) >= 11 is 0. The van der Waals surface area contributed by atoms with Gasteiger partial charge in [-0.1, -0.05) is 0 Å². The van der Waals surface area contributed by atoms with Crippen LogP contribution in [0.15, 0.2) is 9.59 Å². The lowest BCUT2D eigenvalue weighted by molar-refractivity contribution is -0.133. The summed E-state index contributed by atoms with van der Waals surface area (Å²) in [6.07, 6.45) is 0.466. The molecule has 1 saturated heterocycles. The van der Waals surface area contributed by atoms with E-state index in [9.17, 15) is 19.2 Å². The Hall–Kier alpha value is -2.45. The van der Waals surface area contributed by atoms with Crippen LogP contribution in [0.25, 0.3) is 0 Å². The van der Waals surface area contributed by atoms with Crippen molar-refractivity contribution in [3.63, 3.8) is 0 Å². The van der Waals surface area contributed by atoms with Gasteiger partial charge in [0.25, 0.3) is 5.56 Å². The van der Waals surface area contributed by atoms with Crippen molar-refractivity contribution in [3.8, 4) is 0 Å². The predicted octanol–water partition coefficient (Wildman–Crippen LogP) is -2.30. The molecule has 19 heavy (non-hydrogen) atoms. The third kappa shape index (κ3) is 2.39. The van der Waals surface area contributed by atoms with Crippen molar-refractivity contribution in [3.05, 3.63) is 20.8 Å². The van der Waals surface area contributed by atoms with Gasteiger partial charge in [0, 0.05) is 20.5 Å². The average molecular weight is 267 g/mol. The first-order valence-electron chi connectivity index (χ1n) is 5.64. The highest BCUT2D eigenvalue weighted by Gasteiger charge is 2.27. The molecule has 1 unspecified atom stereocenters. The molecular weight excluding hydrogens is 254 g/mol. The lowest BCUT2D eigenvalue weighted by Gasteiger charge is -2.22. The van der Waals surface area contributed by atoms with Crippen LogP contribution in [-0.4, -0.2) is 32.2 Å². The number of hydrogen-bond acceptors (Lipinski definition) is 6. The molecule has 0 aliphatic carbocycles. The molecule has 1 atom stereocenters. The molecule has 0 bridgehead atoms. The second-order valence-electron chi connectivity index (χ2n) is 4.27. The summed E-state index contributed by atoms with van der Waals surface area (Å²) < 4.78 is 1.89. The quantitative estimate of drug-likeness (QED) is 0.582. The van der Waals surface area contributed by atoms with Crippen molar-refractivity contribution in [1.82, 2.24) is 19.7 Å². The number of piperidine rings is 1. The van der Waals surface area contributed by atoms with Gasteiger partial charge in [-0.05, 0) is 6.42 Å². The van der Waals surface area contributed by atoms with E-state index >= 15 is 0 Å². The normalized spacial score (nSPS) is 19.2. The van der Waals surface area contributed by atoms with Crippen LogP contribution in [0.3, 0.4) is 0 Å². The van der Waals surface area contributed by atoms with Crippen LogP contribution < -0.4 is 21.9 Å². The molecule has 2 N–H and O–H groups in total. The number of carbonyl (C=O) groups is 2. The molecule has 2 amide bonds. The zero-order valence-electron chi connectivity index (χ0n) is 10.5. The predicted molar refractivity (Wildman–Crippen MR) is 64.5 cm³/mol. The Bertz CT molecular complexity index is 659. The third-order valence-corrected chi connectivity index (χ3v) is 2.87. The number of hydrogen-bond donors (Lipinski definition) is 2. The second-order valence-corrected chi connectivity index (χ2v) is 4.27. The van der Waals surface area contributed by atoms with Crippen LogP contribution in [0.1, 0.15) is 12.8 Å². The van der Waals surface area contributed by atoms with E-state index in [0.29, 0.717) is 0 Å². The Kier molecular flexibility index (Phi) is 3.19. The van der Waals surface area contributed by atoms with E-state index in [1.165, 1.54) is 14.1 Å². The lowest BCUT2D eigenvalue weighted by Crippen LogP contribution is -2.49. The van der Waals surface area contributed by atoms with Crippen LogP contribution in [-0.2, 0) is 23.7 Å². The summed E-state index contributed by atoms with van der Waals surface area (Å²) in [5.74, 6) is -0.947. The molecule has 1 aliphatic heterocycles. The van der Waals surface area contributed by atoms with Gasteiger partial charge in [0.15, 0.2) is 0 Å². The summed E-state index contributed by atoms with van der Waals surface area (Å²) in [6, 6.07) is -0.713. The molecular formula is C10H13N5O4. The topological polar surface area (TPSA) is 115 Å². The van der Waals surface area contributed by atoms with Crippen LogP contribution in [0.4, 0.5) is 5.82 Å². The highest BCUT2D eigenvalue weighted by molar-refractivity contribution is 6.01. The van der Waals surface area contributed by atoms with Crippen molar-refractivity contribution < 1.29 is 9.59 Å². The first kappa shape index (κ1) is 13.0. The minimum absolute atomic E-state index is 0.0981. The summed E-state index contributed by atoms with van der Waals surface area (Å²) in [6.45, 7) is 0. The molecule has 0 saturated carbocycles. The third-order valence-electron chi connectivity index (χ3n) is 2.87. The number of nitrogens with one attached hydrogen (secondary N) is 2. The number of aryl methyl sites for hydroxylation is 1. The summed E-state index contributed by atoms with van der Waals surface area (Å²) in [5, 5.41) is 8.60. The molecule has 9 nitrogen and oxygen atoms in total. The van der Waals surface area contributed by atoms with Crippen molar-refractivity contribution >= 4 is 17.6 Å². The fourth-order valence-electron chi connectivity index (χ4n) is 1.79. The first-order valence-corrected chi connectivity index (χ1v) is 5.64. The number of imide groups is 1. The average Bonchev–Trinajstić information content (AvgIpc) is 2.36. The van der Waals surface area contributed by atoms with Crippen molar-refractivity contribution in [2.24, 2.45) is 14.1 Å². The molecule has 0 spiro atoms. The number of rotatable bonds is 2. The summed E-state index contributed by atoms with van der Waals surface area (Å²) in [7, 11) is 2.72. The Morgan fingerprint density at radius 1 is 1.26 bits per heavy atom. The van der Waals surface area contributed by atoms with Crippen molar-refractivity contribution in [2.75, 3.05) is 5.32 Å². The Morgan fingerprint density at radius 3 is 2.58 bits per heavy atom. The maximum Gasteiger partial charge on any atom is 0.346 e. The molecule has 1 fully saturated rings. The number of anilines is 1. The van der Waals surface area contributed by atoms with E-state index in [-0.39, 0.29) is 24.6 Å². The first-order chi connectivity index (χ1) is 8.90. The molecule has 2 rings (SSSR count). The Labute approximate surface area is 107 Å². The fourth-order valence-corrected chi connectivity index (χ4v) is 1.79. The second kappa shape index (κ2) is 4.67. The van der Waals surface area contributed by atoms with Gasteiger partial charge in [-0.25, -0.2) is 9.48 Å². The highest BCUT2D eigenvalue weighted by atomic mass is 16.2. The van der Waals surface area contributed by atoms with Crippen molar-refractivity contribution in [1.29, 1.82) is 0 Å². The van der Waals surface area contributed by atoms with Crippen LogP contribution in [0, 0.1) is 0 Å². The van der Waals surface area contributed by atoms with E-state index in [2.05, 4.69) is 15.7 Å².